The number of amidine groups is 1. The van der Waals surface area contributed by atoms with Gasteiger partial charge < -0.3 is 10.8 Å². The Bertz CT molecular complexity index is 874. The summed E-state index contributed by atoms with van der Waals surface area (Å²) in [5, 5.41) is 11.1. The van der Waals surface area contributed by atoms with Crippen LogP contribution in [0.5, 0.6) is 0 Å². The van der Waals surface area contributed by atoms with Crippen molar-refractivity contribution in [2.75, 3.05) is 4.90 Å². The summed E-state index contributed by atoms with van der Waals surface area (Å²) in [7, 11) is 0. The van der Waals surface area contributed by atoms with Gasteiger partial charge in [0.15, 0.2) is 5.84 Å². The number of aliphatic imine (C=N–C) groups is 1. The SMILES string of the molecule is NC(=O)C1(O)c2ccccc2N=C2C(=O)c3ccccc3N21. The lowest BCUT2D eigenvalue weighted by Gasteiger charge is -2.39. The van der Waals surface area contributed by atoms with E-state index in [1.807, 2.05) is 0 Å². The fourth-order valence-corrected chi connectivity index (χ4v) is 2.97. The lowest BCUT2D eigenvalue weighted by atomic mass is 9.96. The summed E-state index contributed by atoms with van der Waals surface area (Å²) < 4.78 is 0. The van der Waals surface area contributed by atoms with Crippen LogP contribution >= 0.6 is 0 Å². The molecule has 0 saturated heterocycles. The molecule has 22 heavy (non-hydrogen) atoms. The maximum atomic E-state index is 12.5. The molecule has 4 rings (SSSR count). The molecule has 2 aliphatic heterocycles. The molecule has 6 heteroatoms. The third-order valence-corrected chi connectivity index (χ3v) is 3.98. The summed E-state index contributed by atoms with van der Waals surface area (Å²) >= 11 is 0. The number of carbonyl (C=O) groups is 2. The molecular weight excluding hydrogens is 282 g/mol. The molecule has 0 fully saturated rings. The fraction of sp³-hybridized carbons (Fsp3) is 0.0625. The van der Waals surface area contributed by atoms with Gasteiger partial charge in [0.05, 0.1) is 11.4 Å². The van der Waals surface area contributed by atoms with Crippen molar-refractivity contribution in [3.63, 3.8) is 0 Å². The largest absolute Gasteiger partial charge is 0.365 e. The predicted molar refractivity (Wildman–Crippen MR) is 79.9 cm³/mol. The molecule has 2 aromatic carbocycles. The number of amides is 1. The van der Waals surface area contributed by atoms with Crippen molar-refractivity contribution in [2.45, 2.75) is 5.72 Å². The van der Waals surface area contributed by atoms with Gasteiger partial charge in [-0.2, -0.15) is 0 Å². The van der Waals surface area contributed by atoms with Gasteiger partial charge in [0.2, 0.25) is 5.78 Å². The maximum Gasteiger partial charge on any atom is 0.276 e. The minimum absolute atomic E-state index is 0.00111. The summed E-state index contributed by atoms with van der Waals surface area (Å²) in [4.78, 5) is 30.1. The van der Waals surface area contributed by atoms with Crippen molar-refractivity contribution < 1.29 is 14.7 Å². The Labute approximate surface area is 125 Å². The molecule has 2 aliphatic rings. The summed E-state index contributed by atoms with van der Waals surface area (Å²) in [5.41, 5.74) is 4.75. The van der Waals surface area contributed by atoms with Crippen molar-refractivity contribution in [2.24, 2.45) is 10.7 Å². The van der Waals surface area contributed by atoms with Crippen molar-refractivity contribution in [3.8, 4) is 0 Å². The predicted octanol–water partition coefficient (Wildman–Crippen LogP) is 1.06. The van der Waals surface area contributed by atoms with Crippen molar-refractivity contribution >= 4 is 28.9 Å². The number of benzene rings is 2. The molecule has 3 N–H and O–H groups in total. The molecule has 2 aromatic rings. The number of ketones is 1. The molecule has 2 heterocycles. The number of rotatable bonds is 1. The van der Waals surface area contributed by atoms with Crippen LogP contribution in [0.4, 0.5) is 11.4 Å². The van der Waals surface area contributed by atoms with Crippen LogP contribution in [0.25, 0.3) is 0 Å². The van der Waals surface area contributed by atoms with Gasteiger partial charge in [-0.05, 0) is 18.2 Å². The third-order valence-electron chi connectivity index (χ3n) is 3.98. The lowest BCUT2D eigenvalue weighted by Crippen LogP contribution is -2.58. The first-order valence-electron chi connectivity index (χ1n) is 6.69. The number of primary amides is 1. The zero-order valence-electron chi connectivity index (χ0n) is 11.4. The van der Waals surface area contributed by atoms with Crippen LogP contribution in [0.15, 0.2) is 53.5 Å². The maximum absolute atomic E-state index is 12.5. The zero-order valence-corrected chi connectivity index (χ0v) is 11.4. The van der Waals surface area contributed by atoms with Crippen LogP contribution < -0.4 is 10.6 Å². The molecule has 0 aromatic heterocycles. The van der Waals surface area contributed by atoms with Gasteiger partial charge in [0.1, 0.15) is 0 Å². The quantitative estimate of drug-likeness (QED) is 0.821. The molecular formula is C16H11N3O3. The molecule has 1 unspecified atom stereocenters. The van der Waals surface area contributed by atoms with E-state index in [2.05, 4.69) is 4.99 Å². The molecule has 1 amide bonds. The highest BCUT2D eigenvalue weighted by Gasteiger charge is 2.54. The highest BCUT2D eigenvalue weighted by atomic mass is 16.3. The molecule has 108 valence electrons. The smallest absolute Gasteiger partial charge is 0.276 e. The van der Waals surface area contributed by atoms with Crippen molar-refractivity contribution in [1.29, 1.82) is 0 Å². The molecule has 0 aliphatic carbocycles. The number of para-hydroxylation sites is 2. The van der Waals surface area contributed by atoms with Crippen LogP contribution in [-0.2, 0) is 10.5 Å². The summed E-state index contributed by atoms with van der Waals surface area (Å²) in [6.07, 6.45) is 0. The van der Waals surface area contributed by atoms with Crippen molar-refractivity contribution in [3.05, 3.63) is 59.7 Å². The molecule has 0 radical (unpaired) electrons. The number of anilines is 1. The normalized spacial score (nSPS) is 21.8. The Balaban J connectivity index is 2.09. The van der Waals surface area contributed by atoms with Gasteiger partial charge in [-0.3, -0.25) is 14.5 Å². The van der Waals surface area contributed by atoms with Crippen LogP contribution in [0.2, 0.25) is 0 Å². The van der Waals surface area contributed by atoms with E-state index in [0.717, 1.165) is 0 Å². The molecule has 6 nitrogen and oxygen atoms in total. The third kappa shape index (κ3) is 1.34. The molecule has 1 atom stereocenters. The van der Waals surface area contributed by atoms with E-state index < -0.39 is 11.6 Å². The van der Waals surface area contributed by atoms with Crippen LogP contribution in [0.1, 0.15) is 15.9 Å². The van der Waals surface area contributed by atoms with Gasteiger partial charge in [-0.25, -0.2) is 4.99 Å². The molecule has 0 spiro atoms. The van der Waals surface area contributed by atoms with Gasteiger partial charge in [-0.15, -0.1) is 0 Å². The Hall–Kier alpha value is -2.99. The van der Waals surface area contributed by atoms with Gasteiger partial charge >= 0.3 is 0 Å². The number of hydrogen-bond donors (Lipinski definition) is 2. The number of Topliss-reactive ketones (excluding diaryl/α,β-unsaturated/α-hetero) is 1. The van der Waals surface area contributed by atoms with Crippen LogP contribution in [0.3, 0.4) is 0 Å². The molecule has 0 bridgehead atoms. The van der Waals surface area contributed by atoms with E-state index in [1.54, 1.807) is 48.5 Å². The van der Waals surface area contributed by atoms with E-state index >= 15 is 0 Å². The first-order chi connectivity index (χ1) is 10.5. The Morgan fingerprint density at radius 3 is 2.59 bits per heavy atom. The van der Waals surface area contributed by atoms with Crippen LogP contribution in [0, 0.1) is 0 Å². The number of nitrogens with zero attached hydrogens (tertiary/aromatic N) is 2. The highest BCUT2D eigenvalue weighted by molar-refractivity contribution is 6.55. The molecule has 0 saturated carbocycles. The van der Waals surface area contributed by atoms with E-state index in [-0.39, 0.29) is 17.2 Å². The number of carbonyl (C=O) groups excluding carboxylic acids is 2. The Morgan fingerprint density at radius 1 is 1.14 bits per heavy atom. The minimum Gasteiger partial charge on any atom is -0.365 e. The van der Waals surface area contributed by atoms with Gasteiger partial charge in [0, 0.05) is 11.1 Å². The zero-order chi connectivity index (χ0) is 15.5. The van der Waals surface area contributed by atoms with Crippen LogP contribution in [-0.4, -0.2) is 22.6 Å². The minimum atomic E-state index is -2.14. The summed E-state index contributed by atoms with van der Waals surface area (Å²) in [5.74, 6) is -1.30. The number of nitrogens with two attached hydrogens (primary N) is 1. The second-order valence-corrected chi connectivity index (χ2v) is 5.17. The number of fused-ring (bicyclic) bond motifs is 4. The Kier molecular flexibility index (Phi) is 2.32. The monoisotopic (exact) mass is 293 g/mol. The second kappa shape index (κ2) is 4.02. The second-order valence-electron chi connectivity index (χ2n) is 5.17. The number of hydrogen-bond acceptors (Lipinski definition) is 5. The van der Waals surface area contributed by atoms with E-state index in [0.29, 0.717) is 16.9 Å². The average molecular weight is 293 g/mol. The lowest BCUT2D eigenvalue weighted by molar-refractivity contribution is -0.136. The number of aliphatic hydroxyl groups is 1. The van der Waals surface area contributed by atoms with E-state index in [4.69, 9.17) is 5.73 Å². The van der Waals surface area contributed by atoms with Gasteiger partial charge in [-0.1, -0.05) is 30.3 Å². The standard InChI is InChI=1S/C16H11N3O3/c17-15(21)16(22)10-6-2-3-7-11(10)18-14-13(20)9-5-1-4-8-12(9)19(14)16/h1-8,22H,(H2,17,21). The summed E-state index contributed by atoms with van der Waals surface area (Å²) in [6.45, 7) is 0. The fourth-order valence-electron chi connectivity index (χ4n) is 2.97. The first-order valence-corrected chi connectivity index (χ1v) is 6.69. The van der Waals surface area contributed by atoms with Gasteiger partial charge in [0.25, 0.3) is 11.6 Å². The topological polar surface area (TPSA) is 96.0 Å². The van der Waals surface area contributed by atoms with Crippen molar-refractivity contribution in [1.82, 2.24) is 0 Å². The average Bonchev–Trinajstić information content (AvgIpc) is 2.81. The van der Waals surface area contributed by atoms with E-state index in [1.165, 1.54) is 4.90 Å². The van der Waals surface area contributed by atoms with E-state index in [9.17, 15) is 14.7 Å². The Morgan fingerprint density at radius 2 is 1.82 bits per heavy atom. The highest BCUT2D eigenvalue weighted by Crippen LogP contribution is 2.45. The first kappa shape index (κ1) is 12.7. The summed E-state index contributed by atoms with van der Waals surface area (Å²) in [6, 6.07) is 13.3.